The molecule has 3 rings (SSSR count). The molecule has 1 fully saturated rings. The largest absolute Gasteiger partial charge is 0.334 e. The number of rotatable bonds is 3. The predicted octanol–water partition coefficient (Wildman–Crippen LogP) is 2.62. The van der Waals surface area contributed by atoms with Crippen molar-refractivity contribution in [2.45, 2.75) is 38.5 Å². The monoisotopic (exact) mass is 374 g/mol. The molecule has 1 aromatic heterocycles. The summed E-state index contributed by atoms with van der Waals surface area (Å²) in [5.74, 6) is 0.531. The minimum atomic E-state index is -0.905. The van der Waals surface area contributed by atoms with Crippen LogP contribution >= 0.6 is 0 Å². The van der Waals surface area contributed by atoms with Crippen molar-refractivity contribution in [3.05, 3.63) is 47.8 Å². The average Bonchev–Trinajstić information content (AvgIpc) is 3.00. The zero-order valence-corrected chi connectivity index (χ0v) is 16.4. The first-order valence-electron chi connectivity index (χ1n) is 8.89. The summed E-state index contributed by atoms with van der Waals surface area (Å²) < 4.78 is 13.8. The van der Waals surface area contributed by atoms with E-state index in [1.807, 2.05) is 62.0 Å². The fraction of sp³-hybridized carbons (Fsp3) is 0.474. The molecule has 2 amide bonds. The summed E-state index contributed by atoms with van der Waals surface area (Å²) in [4.78, 5) is 14.4. The van der Waals surface area contributed by atoms with Crippen LogP contribution in [0.1, 0.15) is 31.5 Å². The maximum absolute atomic E-state index is 12.6. The van der Waals surface area contributed by atoms with E-state index in [1.54, 1.807) is 4.90 Å². The van der Waals surface area contributed by atoms with Crippen LogP contribution in [0, 0.1) is 6.92 Å². The number of hydrogen-bond donors (Lipinski definition) is 1. The molecule has 2 heterocycles. The fourth-order valence-corrected chi connectivity index (χ4v) is 4.28. The number of carbonyl (C=O) groups is 1. The van der Waals surface area contributed by atoms with E-state index in [1.165, 1.54) is 0 Å². The first-order valence-corrected chi connectivity index (χ1v) is 10.2. The van der Waals surface area contributed by atoms with Gasteiger partial charge in [-0.15, -0.1) is 0 Å². The van der Waals surface area contributed by atoms with Gasteiger partial charge in [0.2, 0.25) is 0 Å². The highest BCUT2D eigenvalue weighted by molar-refractivity contribution is 7.86. The highest BCUT2D eigenvalue weighted by Crippen LogP contribution is 2.22. The van der Waals surface area contributed by atoms with Gasteiger partial charge in [-0.25, -0.2) is 9.48 Å². The number of nitrogens with one attached hydrogen (secondary N) is 1. The van der Waals surface area contributed by atoms with Gasteiger partial charge in [0.15, 0.2) is 0 Å². The topological polar surface area (TPSA) is 67.2 Å². The minimum Gasteiger partial charge on any atom is -0.334 e. The highest BCUT2D eigenvalue weighted by atomic mass is 32.2. The average molecular weight is 375 g/mol. The molecule has 26 heavy (non-hydrogen) atoms. The Labute approximate surface area is 157 Å². The molecule has 1 aliphatic heterocycles. The van der Waals surface area contributed by atoms with E-state index in [9.17, 15) is 9.00 Å². The zero-order valence-electron chi connectivity index (χ0n) is 15.6. The Morgan fingerprint density at radius 2 is 2.04 bits per heavy atom. The maximum atomic E-state index is 12.6. The van der Waals surface area contributed by atoms with Crippen LogP contribution in [0.5, 0.6) is 0 Å². The molecule has 140 valence electrons. The molecule has 6 nitrogen and oxygen atoms in total. The Morgan fingerprint density at radius 3 is 2.77 bits per heavy atom. The van der Waals surface area contributed by atoms with Crippen molar-refractivity contribution in [3.63, 3.8) is 0 Å². The molecule has 1 atom stereocenters. The Hall–Kier alpha value is -2.15. The lowest BCUT2D eigenvalue weighted by Gasteiger charge is -2.23. The lowest BCUT2D eigenvalue weighted by molar-refractivity contribution is 0.200. The maximum Gasteiger partial charge on any atom is 0.317 e. The third-order valence-electron chi connectivity index (χ3n) is 4.82. The van der Waals surface area contributed by atoms with Gasteiger partial charge in [-0.1, -0.05) is 18.2 Å². The van der Waals surface area contributed by atoms with E-state index >= 15 is 0 Å². The second kappa shape index (κ2) is 7.61. The minimum absolute atomic E-state index is 0.105. The van der Waals surface area contributed by atoms with Gasteiger partial charge in [-0.05, 0) is 44.9 Å². The van der Waals surface area contributed by atoms with Gasteiger partial charge in [0.05, 0.1) is 11.4 Å². The molecule has 7 heteroatoms. The fourth-order valence-electron chi connectivity index (χ4n) is 3.02. The van der Waals surface area contributed by atoms with Crippen molar-refractivity contribution in [1.29, 1.82) is 0 Å². The van der Waals surface area contributed by atoms with Gasteiger partial charge >= 0.3 is 6.03 Å². The summed E-state index contributed by atoms with van der Waals surface area (Å²) in [6.07, 6.45) is 2.67. The quantitative estimate of drug-likeness (QED) is 0.898. The number of carbonyl (C=O) groups excluding carboxylic acids is 1. The molecule has 0 aliphatic carbocycles. The van der Waals surface area contributed by atoms with E-state index in [0.29, 0.717) is 25.4 Å². The lowest BCUT2D eigenvalue weighted by Crippen LogP contribution is -2.41. The van der Waals surface area contributed by atoms with E-state index in [-0.39, 0.29) is 10.8 Å². The van der Waals surface area contributed by atoms with Gasteiger partial charge in [-0.3, -0.25) is 4.21 Å². The smallest absolute Gasteiger partial charge is 0.317 e. The summed E-state index contributed by atoms with van der Waals surface area (Å²) in [6, 6.07) is 9.75. The second-order valence-corrected chi connectivity index (χ2v) is 9.44. The van der Waals surface area contributed by atoms with Crippen molar-refractivity contribution >= 4 is 16.8 Å². The lowest BCUT2D eigenvalue weighted by atomic mass is 10.1. The first-order chi connectivity index (χ1) is 12.4. The molecule has 1 saturated heterocycles. The van der Waals surface area contributed by atoms with Gasteiger partial charge in [0.1, 0.15) is 0 Å². The van der Waals surface area contributed by atoms with E-state index < -0.39 is 10.8 Å². The molecular formula is C19H26N4O2S. The molecule has 0 spiro atoms. The number of urea groups is 1. The van der Waals surface area contributed by atoms with Crippen LogP contribution in [0.15, 0.2) is 36.5 Å². The van der Waals surface area contributed by atoms with Crippen LogP contribution in [-0.4, -0.2) is 48.5 Å². The van der Waals surface area contributed by atoms with Crippen molar-refractivity contribution in [1.82, 2.24) is 20.0 Å². The predicted molar refractivity (Wildman–Crippen MR) is 104 cm³/mol. The molecule has 0 bridgehead atoms. The normalized spacial score (nSPS) is 19.8. The number of aromatic nitrogens is 2. The van der Waals surface area contributed by atoms with Crippen LogP contribution in [0.2, 0.25) is 0 Å². The van der Waals surface area contributed by atoms with Gasteiger partial charge < -0.3 is 10.2 Å². The summed E-state index contributed by atoms with van der Waals surface area (Å²) in [6.45, 7) is 7.55. The summed E-state index contributed by atoms with van der Waals surface area (Å²) in [5.41, 5.74) is 2.91. The third kappa shape index (κ3) is 4.15. The van der Waals surface area contributed by atoms with Gasteiger partial charge in [0, 0.05) is 47.1 Å². The van der Waals surface area contributed by atoms with Crippen LogP contribution in [0.4, 0.5) is 4.79 Å². The van der Waals surface area contributed by atoms with Crippen LogP contribution in [-0.2, 0) is 17.3 Å². The van der Waals surface area contributed by atoms with Crippen molar-refractivity contribution in [3.8, 4) is 5.69 Å². The molecule has 1 aromatic carbocycles. The second-order valence-electron chi connectivity index (χ2n) is 7.24. The molecule has 1 unspecified atom stereocenters. The third-order valence-corrected chi connectivity index (χ3v) is 6.81. The van der Waals surface area contributed by atoms with E-state index in [4.69, 9.17) is 0 Å². The number of aryl methyl sites for hydroxylation is 1. The van der Waals surface area contributed by atoms with Gasteiger partial charge in [0.25, 0.3) is 0 Å². The molecule has 1 aliphatic rings. The number of para-hydroxylation sites is 1. The van der Waals surface area contributed by atoms with Crippen molar-refractivity contribution in [2.24, 2.45) is 0 Å². The first kappa shape index (κ1) is 18.6. The molecule has 2 aromatic rings. The SMILES string of the molecule is Cc1ccn(-c2ccccc2CNC(=O)N2CCS(=O)C(C)(C)CC2)n1. The highest BCUT2D eigenvalue weighted by Gasteiger charge is 2.31. The van der Waals surface area contributed by atoms with E-state index in [2.05, 4.69) is 10.4 Å². The number of nitrogens with zero attached hydrogens (tertiary/aromatic N) is 3. The summed E-state index contributed by atoms with van der Waals surface area (Å²) in [7, 11) is -0.905. The van der Waals surface area contributed by atoms with Crippen molar-refractivity contribution < 1.29 is 9.00 Å². The Bertz CT molecular complexity index is 815. The molecule has 0 radical (unpaired) electrons. The van der Waals surface area contributed by atoms with Crippen LogP contribution in [0.25, 0.3) is 5.69 Å². The number of amides is 2. The zero-order chi connectivity index (χ0) is 18.7. The van der Waals surface area contributed by atoms with Crippen LogP contribution < -0.4 is 5.32 Å². The van der Waals surface area contributed by atoms with Crippen LogP contribution in [0.3, 0.4) is 0 Å². The Morgan fingerprint density at radius 1 is 1.27 bits per heavy atom. The number of hydrogen-bond acceptors (Lipinski definition) is 3. The molecular weight excluding hydrogens is 348 g/mol. The summed E-state index contributed by atoms with van der Waals surface area (Å²) >= 11 is 0. The van der Waals surface area contributed by atoms with Gasteiger partial charge in [-0.2, -0.15) is 5.10 Å². The van der Waals surface area contributed by atoms with E-state index in [0.717, 1.165) is 23.4 Å². The molecule has 0 saturated carbocycles. The van der Waals surface area contributed by atoms with Crippen molar-refractivity contribution in [2.75, 3.05) is 18.8 Å². The molecule has 1 N–H and O–H groups in total. The number of benzene rings is 1. The Balaban J connectivity index is 1.66. The summed E-state index contributed by atoms with van der Waals surface area (Å²) in [5, 5.41) is 7.46. The Kier molecular flexibility index (Phi) is 5.46. The standard InChI is InChI=1S/C19H26N4O2S/c1-15-8-10-23(21-15)17-7-5-4-6-16(17)14-20-18(24)22-11-9-19(2,3)26(25)13-12-22/h4-8,10H,9,11-14H2,1-3H3,(H,20,24).